The standard InChI is InChI=1S/C33H21F5O/c1-3-39-26-10-8-22-13-20(5-7-23(22)14-26)4-6-21-15-30(35)28(12-19(21)2)24-9-11-27(29(34)16-24)25-17-31(36)33(38)32(37)18-25/h5,7-18H,3H2,1-2H3. The third kappa shape index (κ3) is 5.35. The van der Waals surface area contributed by atoms with Gasteiger partial charge in [0.1, 0.15) is 17.4 Å². The van der Waals surface area contributed by atoms with E-state index in [-0.39, 0.29) is 22.3 Å². The van der Waals surface area contributed by atoms with Gasteiger partial charge < -0.3 is 4.74 Å². The summed E-state index contributed by atoms with van der Waals surface area (Å²) in [5.41, 5.74) is 2.02. The van der Waals surface area contributed by atoms with Crippen LogP contribution in [0.3, 0.4) is 0 Å². The summed E-state index contributed by atoms with van der Waals surface area (Å²) in [6.07, 6.45) is 0. The minimum atomic E-state index is -1.63. The van der Waals surface area contributed by atoms with Gasteiger partial charge in [0, 0.05) is 22.3 Å². The van der Waals surface area contributed by atoms with Crippen molar-refractivity contribution in [2.75, 3.05) is 6.61 Å². The summed E-state index contributed by atoms with van der Waals surface area (Å²) in [4.78, 5) is 0. The molecule has 0 unspecified atom stereocenters. The molecule has 0 aliphatic heterocycles. The van der Waals surface area contributed by atoms with Crippen molar-refractivity contribution < 1.29 is 26.7 Å². The molecule has 0 aliphatic rings. The first kappa shape index (κ1) is 26.0. The highest BCUT2D eigenvalue weighted by Crippen LogP contribution is 2.32. The number of hydrogen-bond donors (Lipinski definition) is 0. The molecule has 0 aromatic heterocycles. The molecule has 0 bridgehead atoms. The van der Waals surface area contributed by atoms with Gasteiger partial charge in [-0.15, -0.1) is 0 Å². The van der Waals surface area contributed by atoms with Crippen molar-refractivity contribution in [1.29, 1.82) is 0 Å². The van der Waals surface area contributed by atoms with Crippen molar-refractivity contribution in [3.8, 4) is 39.8 Å². The third-order valence-corrected chi connectivity index (χ3v) is 6.35. The summed E-state index contributed by atoms with van der Waals surface area (Å²) in [6.45, 7) is 4.29. The number of hydrogen-bond acceptors (Lipinski definition) is 1. The molecule has 1 nitrogen and oxygen atoms in total. The lowest BCUT2D eigenvalue weighted by Gasteiger charge is -2.10. The highest BCUT2D eigenvalue weighted by Gasteiger charge is 2.16. The second-order valence-electron chi connectivity index (χ2n) is 9.00. The van der Waals surface area contributed by atoms with Crippen LogP contribution in [-0.2, 0) is 0 Å². The van der Waals surface area contributed by atoms with Crippen LogP contribution in [0.25, 0.3) is 33.0 Å². The zero-order chi connectivity index (χ0) is 27.7. The van der Waals surface area contributed by atoms with E-state index in [0.29, 0.717) is 29.9 Å². The van der Waals surface area contributed by atoms with Crippen molar-refractivity contribution in [1.82, 2.24) is 0 Å². The summed E-state index contributed by atoms with van der Waals surface area (Å²) >= 11 is 0. The fourth-order valence-electron chi connectivity index (χ4n) is 4.36. The SMILES string of the molecule is CCOc1ccc2cc(C#Cc3cc(F)c(-c4ccc(-c5cc(F)c(F)c(F)c5)c(F)c4)cc3C)ccc2c1. The fraction of sp³-hybridized carbons (Fsp3) is 0.0909. The summed E-state index contributed by atoms with van der Waals surface area (Å²) in [6, 6.07) is 19.7. The zero-order valence-electron chi connectivity index (χ0n) is 21.0. The summed E-state index contributed by atoms with van der Waals surface area (Å²) in [5.74, 6) is 0.968. The van der Waals surface area contributed by atoms with Gasteiger partial charge in [-0.1, -0.05) is 36.1 Å². The second kappa shape index (κ2) is 10.6. The fourth-order valence-corrected chi connectivity index (χ4v) is 4.36. The highest BCUT2D eigenvalue weighted by atomic mass is 19.2. The molecule has 0 aliphatic carbocycles. The van der Waals surface area contributed by atoms with Crippen LogP contribution >= 0.6 is 0 Å². The van der Waals surface area contributed by atoms with Gasteiger partial charge in [-0.2, -0.15) is 0 Å². The molecule has 39 heavy (non-hydrogen) atoms. The lowest BCUT2D eigenvalue weighted by molar-refractivity contribution is 0.341. The van der Waals surface area contributed by atoms with E-state index in [4.69, 9.17) is 4.74 Å². The molecular weight excluding hydrogens is 507 g/mol. The zero-order valence-corrected chi connectivity index (χ0v) is 21.0. The average Bonchev–Trinajstić information content (AvgIpc) is 2.91. The number of rotatable bonds is 4. The van der Waals surface area contributed by atoms with Gasteiger partial charge in [-0.3, -0.25) is 0 Å². The molecule has 0 saturated carbocycles. The Balaban J connectivity index is 1.43. The third-order valence-electron chi connectivity index (χ3n) is 6.35. The van der Waals surface area contributed by atoms with Crippen LogP contribution < -0.4 is 4.74 Å². The molecule has 0 fully saturated rings. The second-order valence-corrected chi connectivity index (χ2v) is 9.00. The quantitative estimate of drug-likeness (QED) is 0.129. The van der Waals surface area contributed by atoms with E-state index in [0.717, 1.165) is 28.2 Å². The first-order chi connectivity index (χ1) is 18.7. The molecule has 0 saturated heterocycles. The number of aryl methyl sites for hydroxylation is 1. The lowest BCUT2D eigenvalue weighted by Crippen LogP contribution is -1.95. The van der Waals surface area contributed by atoms with Gasteiger partial charge in [0.05, 0.1) is 6.61 Å². The van der Waals surface area contributed by atoms with Crippen LogP contribution in [0.15, 0.2) is 78.9 Å². The van der Waals surface area contributed by atoms with Crippen LogP contribution in [0, 0.1) is 47.9 Å². The van der Waals surface area contributed by atoms with Crippen LogP contribution in [-0.4, -0.2) is 6.61 Å². The van der Waals surface area contributed by atoms with Crippen LogP contribution in [0.1, 0.15) is 23.6 Å². The van der Waals surface area contributed by atoms with Crippen molar-refractivity contribution in [2.24, 2.45) is 0 Å². The topological polar surface area (TPSA) is 9.23 Å². The highest BCUT2D eigenvalue weighted by molar-refractivity contribution is 5.85. The molecule has 0 heterocycles. The van der Waals surface area contributed by atoms with Crippen molar-refractivity contribution >= 4 is 10.8 Å². The van der Waals surface area contributed by atoms with E-state index in [9.17, 15) is 17.6 Å². The summed E-state index contributed by atoms with van der Waals surface area (Å²) in [5, 5.41) is 2.02. The minimum Gasteiger partial charge on any atom is -0.494 e. The molecule has 5 rings (SSSR count). The van der Waals surface area contributed by atoms with Crippen LogP contribution in [0.2, 0.25) is 0 Å². The number of fused-ring (bicyclic) bond motifs is 1. The van der Waals surface area contributed by atoms with E-state index in [2.05, 4.69) is 11.8 Å². The predicted octanol–water partition coefficient (Wildman–Crippen LogP) is 8.98. The summed E-state index contributed by atoms with van der Waals surface area (Å²) < 4.78 is 76.0. The largest absolute Gasteiger partial charge is 0.494 e. The Bertz CT molecular complexity index is 1770. The van der Waals surface area contributed by atoms with Crippen molar-refractivity contribution in [2.45, 2.75) is 13.8 Å². The minimum absolute atomic E-state index is 0.138. The summed E-state index contributed by atoms with van der Waals surface area (Å²) in [7, 11) is 0. The average molecular weight is 529 g/mol. The first-order valence-electron chi connectivity index (χ1n) is 12.2. The maximum absolute atomic E-state index is 15.1. The molecule has 0 spiro atoms. The van der Waals surface area contributed by atoms with Gasteiger partial charge >= 0.3 is 0 Å². The van der Waals surface area contributed by atoms with E-state index in [1.54, 1.807) is 13.0 Å². The molecule has 0 atom stereocenters. The molecule has 0 amide bonds. The molecule has 194 valence electrons. The van der Waals surface area contributed by atoms with E-state index >= 15 is 4.39 Å². The van der Waals surface area contributed by atoms with E-state index in [1.807, 2.05) is 43.3 Å². The van der Waals surface area contributed by atoms with Crippen LogP contribution in [0.4, 0.5) is 22.0 Å². The van der Waals surface area contributed by atoms with Gasteiger partial charge in [0.25, 0.3) is 0 Å². The molecule has 0 N–H and O–H groups in total. The van der Waals surface area contributed by atoms with Gasteiger partial charge in [0.15, 0.2) is 17.5 Å². The Morgan fingerprint density at radius 2 is 1.28 bits per heavy atom. The Hall–Kier alpha value is -4.63. The monoisotopic (exact) mass is 528 g/mol. The van der Waals surface area contributed by atoms with Crippen molar-refractivity contribution in [3.63, 3.8) is 0 Å². The maximum Gasteiger partial charge on any atom is 0.194 e. The van der Waals surface area contributed by atoms with E-state index in [1.165, 1.54) is 18.2 Å². The maximum atomic E-state index is 15.1. The number of ether oxygens (including phenoxy) is 1. The van der Waals surface area contributed by atoms with Gasteiger partial charge in [-0.05, 0) is 95.9 Å². The number of benzene rings is 5. The first-order valence-corrected chi connectivity index (χ1v) is 12.2. The Morgan fingerprint density at radius 3 is 2.00 bits per heavy atom. The normalized spacial score (nSPS) is 10.8. The Labute approximate surface area is 222 Å². The smallest absolute Gasteiger partial charge is 0.194 e. The van der Waals surface area contributed by atoms with Gasteiger partial charge in [0.2, 0.25) is 0 Å². The number of halogens is 5. The van der Waals surface area contributed by atoms with Gasteiger partial charge in [-0.25, -0.2) is 22.0 Å². The van der Waals surface area contributed by atoms with Crippen LogP contribution in [0.5, 0.6) is 5.75 Å². The molecule has 0 radical (unpaired) electrons. The molecule has 5 aromatic carbocycles. The molecular formula is C33H21F5O. The van der Waals surface area contributed by atoms with Crippen molar-refractivity contribution in [3.05, 3.63) is 125 Å². The van der Waals surface area contributed by atoms with E-state index < -0.39 is 29.1 Å². The molecule has 6 heteroatoms. The lowest BCUT2D eigenvalue weighted by atomic mass is 9.96. The Kier molecular flexibility index (Phi) is 7.08. The Morgan fingerprint density at radius 1 is 0.615 bits per heavy atom. The predicted molar refractivity (Wildman–Crippen MR) is 143 cm³/mol. The molecule has 5 aromatic rings.